The minimum atomic E-state index is -0.871. The van der Waals surface area contributed by atoms with Gasteiger partial charge in [0.15, 0.2) is 0 Å². The van der Waals surface area contributed by atoms with Gasteiger partial charge in [-0.15, -0.1) is 0 Å². The fourth-order valence-corrected chi connectivity index (χ4v) is 1.33. The summed E-state index contributed by atoms with van der Waals surface area (Å²) in [7, 11) is 1.10. The Kier molecular flexibility index (Phi) is 3.25. The molecule has 0 aliphatic carbocycles. The molecule has 0 aromatic heterocycles. The smallest absolute Gasteiger partial charge is 0.345 e. The third-order valence-electron chi connectivity index (χ3n) is 1.69. The molecular weight excluding hydrogens is 270 g/mol. The predicted octanol–water partition coefficient (Wildman–Crippen LogP) is 1.85. The van der Waals surface area contributed by atoms with Crippen molar-refractivity contribution in [3.8, 4) is 5.75 Å². The quantitative estimate of drug-likeness (QED) is 0.505. The highest BCUT2D eigenvalue weighted by Gasteiger charge is 2.26. The van der Waals surface area contributed by atoms with Gasteiger partial charge in [-0.1, -0.05) is 0 Å². The van der Waals surface area contributed by atoms with Crippen LogP contribution in [0.2, 0.25) is 0 Å². The number of hydrogen-bond acceptors (Lipinski definition) is 5. The number of hydrogen-bond donors (Lipinski definition) is 1. The van der Waals surface area contributed by atoms with Crippen molar-refractivity contribution in [2.75, 3.05) is 7.11 Å². The van der Waals surface area contributed by atoms with Gasteiger partial charge in [0.25, 0.3) is 0 Å². The van der Waals surface area contributed by atoms with E-state index in [2.05, 4.69) is 20.7 Å². The Hall–Kier alpha value is -1.63. The van der Waals surface area contributed by atoms with Gasteiger partial charge in [0.2, 0.25) is 5.75 Å². The molecule has 0 saturated carbocycles. The van der Waals surface area contributed by atoms with Crippen LogP contribution in [0.25, 0.3) is 0 Å². The maximum absolute atomic E-state index is 11.1. The molecule has 0 spiro atoms. The number of benzene rings is 1. The number of methoxy groups -OCH3 is 1. The molecule has 1 aromatic rings. The van der Waals surface area contributed by atoms with Gasteiger partial charge in [-0.3, -0.25) is 10.1 Å². The number of phenols is 1. The molecule has 0 unspecified atom stereocenters. The van der Waals surface area contributed by atoms with E-state index in [4.69, 9.17) is 0 Å². The molecule has 7 heteroatoms. The Morgan fingerprint density at radius 1 is 1.60 bits per heavy atom. The van der Waals surface area contributed by atoms with Crippen molar-refractivity contribution in [3.63, 3.8) is 0 Å². The predicted molar refractivity (Wildman–Crippen MR) is 53.8 cm³/mol. The van der Waals surface area contributed by atoms with E-state index < -0.39 is 22.3 Å². The average Bonchev–Trinajstić information content (AvgIpc) is 2.20. The van der Waals surface area contributed by atoms with Gasteiger partial charge in [-0.25, -0.2) is 4.79 Å². The van der Waals surface area contributed by atoms with Crippen molar-refractivity contribution < 1.29 is 19.6 Å². The normalized spacial score (nSPS) is 9.73. The summed E-state index contributed by atoms with van der Waals surface area (Å²) in [5, 5.41) is 20.0. The minimum Gasteiger partial charge on any atom is -0.501 e. The molecule has 0 fully saturated rings. The maximum Gasteiger partial charge on any atom is 0.345 e. The lowest BCUT2D eigenvalue weighted by Crippen LogP contribution is -2.05. The van der Waals surface area contributed by atoms with Crippen molar-refractivity contribution in [3.05, 3.63) is 32.3 Å². The number of rotatable bonds is 2. The van der Waals surface area contributed by atoms with Crippen molar-refractivity contribution >= 4 is 27.6 Å². The van der Waals surface area contributed by atoms with Gasteiger partial charge in [-0.05, 0) is 28.1 Å². The number of aromatic hydroxyl groups is 1. The molecule has 15 heavy (non-hydrogen) atoms. The fourth-order valence-electron chi connectivity index (χ4n) is 1.01. The monoisotopic (exact) mass is 275 g/mol. The third kappa shape index (κ3) is 2.07. The second-order valence-corrected chi connectivity index (χ2v) is 3.40. The van der Waals surface area contributed by atoms with Crippen LogP contribution in [0.5, 0.6) is 5.75 Å². The first kappa shape index (κ1) is 11.4. The van der Waals surface area contributed by atoms with E-state index >= 15 is 0 Å². The summed E-state index contributed by atoms with van der Waals surface area (Å²) < 4.78 is 4.49. The third-order valence-corrected chi connectivity index (χ3v) is 2.33. The van der Waals surface area contributed by atoms with Crippen LogP contribution >= 0.6 is 15.9 Å². The van der Waals surface area contributed by atoms with Gasteiger partial charge in [0.05, 0.1) is 16.5 Å². The molecule has 0 atom stereocenters. The maximum atomic E-state index is 11.1. The zero-order valence-electron chi connectivity index (χ0n) is 7.56. The molecule has 0 radical (unpaired) electrons. The van der Waals surface area contributed by atoms with E-state index in [1.54, 1.807) is 0 Å². The van der Waals surface area contributed by atoms with Gasteiger partial charge >= 0.3 is 11.7 Å². The van der Waals surface area contributed by atoms with Crippen molar-refractivity contribution in [1.82, 2.24) is 0 Å². The van der Waals surface area contributed by atoms with Gasteiger partial charge < -0.3 is 9.84 Å². The standard InChI is InChI=1S/C8H6BrNO5/c1-15-8(12)4-2-3-5(9)7(11)6(4)10(13)14/h2-3,11H,1H3. The van der Waals surface area contributed by atoms with E-state index in [0.29, 0.717) is 0 Å². The molecule has 0 aliphatic heterocycles. The number of ether oxygens (including phenoxy) is 1. The lowest BCUT2D eigenvalue weighted by molar-refractivity contribution is -0.386. The highest BCUT2D eigenvalue weighted by Crippen LogP contribution is 2.36. The van der Waals surface area contributed by atoms with Crippen molar-refractivity contribution in [1.29, 1.82) is 0 Å². The van der Waals surface area contributed by atoms with Gasteiger partial charge in [-0.2, -0.15) is 0 Å². The van der Waals surface area contributed by atoms with Crippen LogP contribution in [0, 0.1) is 10.1 Å². The number of nitro benzene ring substituents is 1. The Morgan fingerprint density at radius 2 is 2.20 bits per heavy atom. The summed E-state index contributed by atoms with van der Waals surface area (Å²) in [6, 6.07) is 2.53. The van der Waals surface area contributed by atoms with Crippen LogP contribution in [-0.2, 0) is 4.74 Å². The van der Waals surface area contributed by atoms with Crippen LogP contribution in [0.1, 0.15) is 10.4 Å². The molecule has 80 valence electrons. The van der Waals surface area contributed by atoms with E-state index in [-0.39, 0.29) is 10.0 Å². The molecule has 1 rings (SSSR count). The van der Waals surface area contributed by atoms with Crippen LogP contribution < -0.4 is 0 Å². The van der Waals surface area contributed by atoms with Crippen molar-refractivity contribution in [2.45, 2.75) is 0 Å². The van der Waals surface area contributed by atoms with E-state index in [1.807, 2.05) is 0 Å². The second kappa shape index (κ2) is 4.26. The zero-order valence-corrected chi connectivity index (χ0v) is 9.15. The summed E-state index contributed by atoms with van der Waals surface area (Å²) >= 11 is 2.91. The Bertz CT molecular complexity index is 431. The summed E-state index contributed by atoms with van der Waals surface area (Å²) in [6.45, 7) is 0. The SMILES string of the molecule is COC(=O)c1ccc(Br)c(O)c1[N+](=O)[O-]. The number of phenolic OH excluding ortho intramolecular Hbond substituents is 1. The van der Waals surface area contributed by atoms with Crippen LogP contribution in [0.4, 0.5) is 5.69 Å². The number of halogens is 1. The molecule has 0 heterocycles. The largest absolute Gasteiger partial charge is 0.501 e. The van der Waals surface area contributed by atoms with Crippen LogP contribution in [-0.4, -0.2) is 23.1 Å². The average molecular weight is 276 g/mol. The number of carbonyl (C=O) groups excluding carboxylic acids is 1. The van der Waals surface area contributed by atoms with Crippen molar-refractivity contribution in [2.24, 2.45) is 0 Å². The zero-order chi connectivity index (χ0) is 11.6. The fraction of sp³-hybridized carbons (Fsp3) is 0.125. The Balaban J connectivity index is 3.46. The first-order valence-electron chi connectivity index (χ1n) is 3.73. The molecule has 1 N–H and O–H groups in total. The lowest BCUT2D eigenvalue weighted by Gasteiger charge is -2.03. The number of nitro groups is 1. The number of nitrogens with zero attached hydrogens (tertiary/aromatic N) is 1. The molecule has 0 bridgehead atoms. The number of carbonyl (C=O) groups is 1. The van der Waals surface area contributed by atoms with Gasteiger partial charge in [0, 0.05) is 0 Å². The van der Waals surface area contributed by atoms with E-state index in [9.17, 15) is 20.0 Å². The van der Waals surface area contributed by atoms with Crippen LogP contribution in [0.15, 0.2) is 16.6 Å². The molecule has 0 saturated heterocycles. The first-order valence-corrected chi connectivity index (χ1v) is 4.52. The summed E-state index contributed by atoms with van der Waals surface area (Å²) in [5.41, 5.74) is -0.959. The van der Waals surface area contributed by atoms with Crippen LogP contribution in [0.3, 0.4) is 0 Å². The number of esters is 1. The minimum absolute atomic E-state index is 0.141. The summed E-state index contributed by atoms with van der Waals surface area (Å²) in [4.78, 5) is 20.9. The molecule has 1 aromatic carbocycles. The lowest BCUT2D eigenvalue weighted by atomic mass is 10.1. The Labute approximate surface area is 92.8 Å². The highest BCUT2D eigenvalue weighted by molar-refractivity contribution is 9.10. The summed E-state index contributed by atoms with van der Waals surface area (Å²) in [6.07, 6.45) is 0. The molecule has 0 aliphatic rings. The topological polar surface area (TPSA) is 89.7 Å². The van der Waals surface area contributed by atoms with Gasteiger partial charge in [0.1, 0.15) is 5.56 Å². The second-order valence-electron chi connectivity index (χ2n) is 2.54. The van der Waals surface area contributed by atoms with E-state index in [0.717, 1.165) is 7.11 Å². The first-order chi connectivity index (χ1) is 6.99. The molecule has 0 amide bonds. The van der Waals surface area contributed by atoms with E-state index in [1.165, 1.54) is 12.1 Å². The highest BCUT2D eigenvalue weighted by atomic mass is 79.9. The summed E-state index contributed by atoms with van der Waals surface area (Å²) in [5.74, 6) is -1.47. The molecule has 6 nitrogen and oxygen atoms in total. The Morgan fingerprint density at radius 3 is 2.67 bits per heavy atom. The molecular formula is C8H6BrNO5.